The van der Waals surface area contributed by atoms with Gasteiger partial charge in [-0.2, -0.15) is 0 Å². The lowest BCUT2D eigenvalue weighted by Gasteiger charge is -2.16. The molecule has 0 fully saturated rings. The van der Waals surface area contributed by atoms with E-state index in [0.717, 1.165) is 11.1 Å². The van der Waals surface area contributed by atoms with Crippen molar-refractivity contribution in [3.63, 3.8) is 0 Å². The first kappa shape index (κ1) is 20.3. The van der Waals surface area contributed by atoms with Crippen LogP contribution in [-0.4, -0.2) is 29.5 Å². The third-order valence-corrected chi connectivity index (χ3v) is 4.61. The van der Waals surface area contributed by atoms with E-state index < -0.39 is 12.1 Å². The van der Waals surface area contributed by atoms with Crippen LogP contribution in [0.15, 0.2) is 65.1 Å². The van der Waals surface area contributed by atoms with Crippen LogP contribution < -0.4 is 5.32 Å². The lowest BCUT2D eigenvalue weighted by Crippen LogP contribution is -2.37. The fraction of sp³-hybridized carbons (Fsp3) is 0.261. The molecular formula is C23H24N2O4. The summed E-state index contributed by atoms with van der Waals surface area (Å²) in [4.78, 5) is 29.0. The number of carbonyl (C=O) groups excluding carboxylic acids is 2. The Morgan fingerprint density at radius 1 is 1.03 bits per heavy atom. The quantitative estimate of drug-likeness (QED) is 0.612. The van der Waals surface area contributed by atoms with Crippen molar-refractivity contribution < 1.29 is 18.7 Å². The van der Waals surface area contributed by atoms with Gasteiger partial charge in [-0.05, 0) is 37.5 Å². The molecule has 0 spiro atoms. The van der Waals surface area contributed by atoms with E-state index in [-0.39, 0.29) is 17.5 Å². The summed E-state index contributed by atoms with van der Waals surface area (Å²) in [7, 11) is 0. The highest BCUT2D eigenvalue weighted by molar-refractivity contribution is 5.91. The van der Waals surface area contributed by atoms with Gasteiger partial charge in [0.1, 0.15) is 5.76 Å². The monoisotopic (exact) mass is 392 g/mol. The van der Waals surface area contributed by atoms with E-state index in [0.29, 0.717) is 18.2 Å². The van der Waals surface area contributed by atoms with Gasteiger partial charge in [-0.25, -0.2) is 9.78 Å². The van der Waals surface area contributed by atoms with E-state index in [9.17, 15) is 9.59 Å². The molecule has 0 bridgehead atoms. The topological polar surface area (TPSA) is 81.4 Å². The molecule has 1 heterocycles. The molecule has 0 saturated heterocycles. The number of amides is 1. The van der Waals surface area contributed by atoms with Crippen molar-refractivity contribution in [3.8, 4) is 11.5 Å². The van der Waals surface area contributed by atoms with Gasteiger partial charge >= 0.3 is 5.97 Å². The summed E-state index contributed by atoms with van der Waals surface area (Å²) >= 11 is 0. The summed E-state index contributed by atoms with van der Waals surface area (Å²) in [5, 5.41) is 2.82. The third kappa shape index (κ3) is 5.10. The maximum absolute atomic E-state index is 12.5. The Hall–Kier alpha value is -3.41. The number of carbonyl (C=O) groups is 2. The Bertz CT molecular complexity index is 967. The van der Waals surface area contributed by atoms with Crippen LogP contribution in [0.2, 0.25) is 0 Å². The van der Waals surface area contributed by atoms with Gasteiger partial charge in [-0.15, -0.1) is 0 Å². The number of ether oxygens (including phenoxy) is 1. The van der Waals surface area contributed by atoms with Gasteiger partial charge in [-0.1, -0.05) is 55.5 Å². The fourth-order valence-electron chi connectivity index (χ4n) is 2.86. The molecule has 6 heteroatoms. The SMILES string of the molecule is Cc1oc(-c2ccccc2)nc1C(=O)O[C@H](C)C(=O)NC[C@H](C)c1ccccc1. The molecule has 3 rings (SSSR count). The zero-order valence-corrected chi connectivity index (χ0v) is 16.7. The van der Waals surface area contributed by atoms with Crippen molar-refractivity contribution in [1.29, 1.82) is 0 Å². The van der Waals surface area contributed by atoms with Gasteiger partial charge in [0.05, 0.1) is 0 Å². The smallest absolute Gasteiger partial charge is 0.361 e. The Kier molecular flexibility index (Phi) is 6.44. The molecule has 1 aromatic heterocycles. The minimum Gasteiger partial charge on any atom is -0.448 e. The highest BCUT2D eigenvalue weighted by Gasteiger charge is 2.24. The molecule has 3 aromatic rings. The number of rotatable bonds is 7. The number of esters is 1. The summed E-state index contributed by atoms with van der Waals surface area (Å²) in [5.41, 5.74) is 1.96. The predicted molar refractivity (Wildman–Crippen MR) is 109 cm³/mol. The predicted octanol–water partition coefficient (Wildman–Crippen LogP) is 4.12. The maximum atomic E-state index is 12.5. The second kappa shape index (κ2) is 9.19. The average Bonchev–Trinajstić information content (AvgIpc) is 3.14. The first-order chi connectivity index (χ1) is 14.0. The van der Waals surface area contributed by atoms with Crippen molar-refractivity contribution in [1.82, 2.24) is 10.3 Å². The summed E-state index contributed by atoms with van der Waals surface area (Å²) in [6.07, 6.45) is -0.943. The largest absolute Gasteiger partial charge is 0.448 e. The Balaban J connectivity index is 1.57. The van der Waals surface area contributed by atoms with E-state index in [2.05, 4.69) is 10.3 Å². The van der Waals surface area contributed by atoms with Gasteiger partial charge in [0.15, 0.2) is 11.8 Å². The minimum atomic E-state index is -0.943. The number of nitrogens with zero attached hydrogens (tertiary/aromatic N) is 1. The van der Waals surface area contributed by atoms with Crippen LogP contribution in [-0.2, 0) is 9.53 Å². The molecular weight excluding hydrogens is 368 g/mol. The molecule has 29 heavy (non-hydrogen) atoms. The summed E-state index contributed by atoms with van der Waals surface area (Å²) in [6, 6.07) is 19.2. The maximum Gasteiger partial charge on any atom is 0.361 e. The van der Waals surface area contributed by atoms with E-state index in [4.69, 9.17) is 9.15 Å². The first-order valence-corrected chi connectivity index (χ1v) is 9.52. The van der Waals surface area contributed by atoms with Gasteiger partial charge in [-0.3, -0.25) is 4.79 Å². The van der Waals surface area contributed by atoms with Crippen molar-refractivity contribution in [2.24, 2.45) is 0 Å². The van der Waals surface area contributed by atoms with Crippen molar-refractivity contribution in [2.75, 3.05) is 6.54 Å². The van der Waals surface area contributed by atoms with E-state index in [1.54, 1.807) is 6.92 Å². The molecule has 1 N–H and O–H groups in total. The molecule has 1 amide bonds. The van der Waals surface area contributed by atoms with Crippen molar-refractivity contribution in [2.45, 2.75) is 32.8 Å². The van der Waals surface area contributed by atoms with E-state index in [1.165, 1.54) is 6.92 Å². The summed E-state index contributed by atoms with van der Waals surface area (Å²) < 4.78 is 10.9. The number of nitrogens with one attached hydrogen (secondary N) is 1. The number of aromatic nitrogens is 1. The normalized spacial score (nSPS) is 12.8. The van der Waals surface area contributed by atoms with Crippen LogP contribution >= 0.6 is 0 Å². The first-order valence-electron chi connectivity index (χ1n) is 9.52. The Morgan fingerprint density at radius 2 is 1.66 bits per heavy atom. The number of hydrogen-bond acceptors (Lipinski definition) is 5. The molecule has 2 atom stereocenters. The van der Waals surface area contributed by atoms with E-state index in [1.807, 2.05) is 67.6 Å². The molecule has 0 aliphatic carbocycles. The molecule has 0 aliphatic heterocycles. The molecule has 2 aromatic carbocycles. The second-order valence-electron chi connectivity index (χ2n) is 6.89. The summed E-state index contributed by atoms with van der Waals surface area (Å²) in [6.45, 7) is 5.65. The van der Waals surface area contributed by atoms with Crippen LogP contribution in [0.3, 0.4) is 0 Å². The average molecular weight is 392 g/mol. The molecule has 0 unspecified atom stereocenters. The number of aryl methyl sites for hydroxylation is 1. The van der Waals surface area contributed by atoms with E-state index >= 15 is 0 Å². The standard InChI is InChI=1S/C23H24N2O4/c1-15(18-10-6-4-7-11-18)14-24-21(26)17(3)29-23(27)20-16(2)28-22(25-20)19-12-8-5-9-13-19/h4-13,15,17H,14H2,1-3H3,(H,24,26)/t15-,17+/m0/s1. The van der Waals surface area contributed by atoms with Crippen LogP contribution in [0, 0.1) is 6.92 Å². The number of hydrogen-bond donors (Lipinski definition) is 1. The lowest BCUT2D eigenvalue weighted by atomic mass is 10.0. The number of benzene rings is 2. The Labute approximate surface area is 169 Å². The second-order valence-corrected chi connectivity index (χ2v) is 6.89. The molecule has 150 valence electrons. The highest BCUT2D eigenvalue weighted by atomic mass is 16.5. The van der Waals surface area contributed by atoms with Gasteiger partial charge in [0, 0.05) is 12.1 Å². The zero-order chi connectivity index (χ0) is 20.8. The van der Waals surface area contributed by atoms with Crippen LogP contribution in [0.5, 0.6) is 0 Å². The highest BCUT2D eigenvalue weighted by Crippen LogP contribution is 2.22. The minimum absolute atomic E-state index is 0.0705. The fourth-order valence-corrected chi connectivity index (χ4v) is 2.86. The van der Waals surface area contributed by atoms with Crippen molar-refractivity contribution >= 4 is 11.9 Å². The van der Waals surface area contributed by atoms with Crippen LogP contribution in [0.25, 0.3) is 11.5 Å². The molecule has 0 saturated carbocycles. The van der Waals surface area contributed by atoms with Gasteiger partial charge in [0.25, 0.3) is 5.91 Å². The zero-order valence-electron chi connectivity index (χ0n) is 16.7. The van der Waals surface area contributed by atoms with Crippen molar-refractivity contribution in [3.05, 3.63) is 77.7 Å². The lowest BCUT2D eigenvalue weighted by molar-refractivity contribution is -0.129. The number of oxazole rings is 1. The molecule has 0 aliphatic rings. The Morgan fingerprint density at radius 3 is 2.31 bits per heavy atom. The summed E-state index contributed by atoms with van der Waals surface area (Å²) in [5.74, 6) is -0.213. The van der Waals surface area contributed by atoms with Crippen LogP contribution in [0.1, 0.15) is 41.6 Å². The third-order valence-electron chi connectivity index (χ3n) is 4.61. The van der Waals surface area contributed by atoms with Crippen LogP contribution in [0.4, 0.5) is 0 Å². The molecule has 0 radical (unpaired) electrons. The molecule has 6 nitrogen and oxygen atoms in total. The van der Waals surface area contributed by atoms with Gasteiger partial charge in [0.2, 0.25) is 5.89 Å². The van der Waals surface area contributed by atoms with Gasteiger partial charge < -0.3 is 14.5 Å².